The largest absolute Gasteiger partial charge is 0.368 e. The molecule has 1 heterocycles. The fourth-order valence-corrected chi connectivity index (χ4v) is 4.99. The molecule has 0 aromatic rings. The maximum atomic E-state index is 6.68. The summed E-state index contributed by atoms with van der Waals surface area (Å²) in [6.45, 7) is 9.57. The number of rotatable bonds is 0. The zero-order chi connectivity index (χ0) is 11.6. The molecular formula is C15H26O. The molecule has 3 aliphatic rings. The van der Waals surface area contributed by atoms with Crippen molar-refractivity contribution in [2.24, 2.45) is 17.3 Å². The van der Waals surface area contributed by atoms with E-state index in [-0.39, 0.29) is 11.2 Å². The number of ether oxygens (including phenoxy) is 1. The molecule has 1 saturated heterocycles. The van der Waals surface area contributed by atoms with Crippen LogP contribution in [-0.2, 0) is 4.74 Å². The van der Waals surface area contributed by atoms with Crippen molar-refractivity contribution in [2.45, 2.75) is 77.4 Å². The predicted octanol–water partition coefficient (Wildman–Crippen LogP) is 4.16. The zero-order valence-corrected chi connectivity index (χ0v) is 11.3. The van der Waals surface area contributed by atoms with E-state index in [4.69, 9.17) is 4.74 Å². The number of hydrogen-bond acceptors (Lipinski definition) is 1. The Hall–Kier alpha value is -0.0400. The Labute approximate surface area is 99.9 Å². The van der Waals surface area contributed by atoms with Gasteiger partial charge in [0, 0.05) is 0 Å². The highest BCUT2D eigenvalue weighted by Gasteiger charge is 2.65. The first kappa shape index (κ1) is 11.1. The summed E-state index contributed by atoms with van der Waals surface area (Å²) in [4.78, 5) is 0. The molecule has 16 heavy (non-hydrogen) atoms. The summed E-state index contributed by atoms with van der Waals surface area (Å²) < 4.78 is 6.68. The van der Waals surface area contributed by atoms with Gasteiger partial charge in [0.15, 0.2) is 0 Å². The van der Waals surface area contributed by atoms with Gasteiger partial charge in [0.25, 0.3) is 0 Å². The maximum absolute atomic E-state index is 6.68. The zero-order valence-electron chi connectivity index (χ0n) is 11.3. The van der Waals surface area contributed by atoms with Gasteiger partial charge >= 0.3 is 0 Å². The van der Waals surface area contributed by atoms with Gasteiger partial charge in [-0.25, -0.2) is 0 Å². The van der Waals surface area contributed by atoms with Gasteiger partial charge in [-0.1, -0.05) is 20.3 Å². The fourth-order valence-electron chi connectivity index (χ4n) is 4.99. The minimum atomic E-state index is 0.128. The molecule has 0 N–H and O–H groups in total. The minimum absolute atomic E-state index is 0.128. The first-order valence-electron chi connectivity index (χ1n) is 7.10. The summed E-state index contributed by atoms with van der Waals surface area (Å²) in [5.74, 6) is 1.57. The molecule has 1 unspecified atom stereocenters. The summed E-state index contributed by atoms with van der Waals surface area (Å²) >= 11 is 0. The average molecular weight is 222 g/mol. The third-order valence-corrected chi connectivity index (χ3v) is 6.21. The van der Waals surface area contributed by atoms with Crippen molar-refractivity contribution in [2.75, 3.05) is 0 Å². The molecule has 0 aromatic heterocycles. The van der Waals surface area contributed by atoms with E-state index in [0.717, 1.165) is 11.8 Å². The lowest BCUT2D eigenvalue weighted by Gasteiger charge is -2.55. The lowest BCUT2D eigenvalue weighted by atomic mass is 9.53. The van der Waals surface area contributed by atoms with E-state index in [1.807, 2.05) is 0 Å². The molecule has 0 radical (unpaired) electrons. The minimum Gasteiger partial charge on any atom is -0.368 e. The molecular weight excluding hydrogens is 196 g/mol. The van der Waals surface area contributed by atoms with E-state index in [9.17, 15) is 0 Å². The second-order valence-corrected chi connectivity index (χ2v) is 7.39. The quantitative estimate of drug-likeness (QED) is 0.598. The van der Waals surface area contributed by atoms with Crippen molar-refractivity contribution in [1.29, 1.82) is 0 Å². The lowest BCUT2D eigenvalue weighted by molar-refractivity contribution is -0.192. The Morgan fingerprint density at radius 3 is 2.56 bits per heavy atom. The predicted molar refractivity (Wildman–Crippen MR) is 66.4 cm³/mol. The smallest absolute Gasteiger partial charge is 0.0772 e. The Balaban J connectivity index is 2.04. The second kappa shape index (κ2) is 3.04. The van der Waals surface area contributed by atoms with Crippen LogP contribution in [0.4, 0.5) is 0 Å². The maximum Gasteiger partial charge on any atom is 0.0772 e. The molecule has 1 spiro atoms. The van der Waals surface area contributed by atoms with Gasteiger partial charge < -0.3 is 4.74 Å². The van der Waals surface area contributed by atoms with Crippen molar-refractivity contribution in [3.05, 3.63) is 0 Å². The van der Waals surface area contributed by atoms with Gasteiger partial charge in [-0.05, 0) is 63.2 Å². The van der Waals surface area contributed by atoms with Crippen LogP contribution in [0.5, 0.6) is 0 Å². The van der Waals surface area contributed by atoms with Gasteiger partial charge in [0.1, 0.15) is 0 Å². The number of fused-ring (bicyclic) bond motifs is 1. The van der Waals surface area contributed by atoms with Crippen molar-refractivity contribution in [1.82, 2.24) is 0 Å². The average Bonchev–Trinajstić information content (AvgIpc) is 2.42. The molecule has 92 valence electrons. The van der Waals surface area contributed by atoms with E-state index in [1.165, 1.54) is 38.5 Å². The van der Waals surface area contributed by atoms with E-state index in [0.29, 0.717) is 5.41 Å². The molecule has 0 amide bonds. The van der Waals surface area contributed by atoms with Crippen LogP contribution >= 0.6 is 0 Å². The molecule has 2 aliphatic carbocycles. The first-order valence-corrected chi connectivity index (χ1v) is 7.10. The lowest BCUT2D eigenvalue weighted by Crippen LogP contribution is -2.55. The molecule has 1 nitrogen and oxygen atoms in total. The van der Waals surface area contributed by atoms with Crippen LogP contribution in [0.2, 0.25) is 0 Å². The Morgan fingerprint density at radius 2 is 1.81 bits per heavy atom. The van der Waals surface area contributed by atoms with Crippen LogP contribution < -0.4 is 0 Å². The summed E-state index contributed by atoms with van der Waals surface area (Å²) in [6.07, 6.45) is 8.29. The third-order valence-electron chi connectivity index (χ3n) is 6.21. The standard InChI is InChI=1S/C15H26O/c1-11-6-5-8-14(4)9-7-12-10-15(11,14)16-13(12,2)3/h11-12H,5-10H2,1-4H3/t11?,12-,14-,15+/m1/s1. The van der Waals surface area contributed by atoms with Crippen molar-refractivity contribution < 1.29 is 4.74 Å². The molecule has 3 fully saturated rings. The van der Waals surface area contributed by atoms with E-state index >= 15 is 0 Å². The van der Waals surface area contributed by atoms with E-state index in [1.54, 1.807) is 0 Å². The summed E-state index contributed by atoms with van der Waals surface area (Å²) in [5, 5.41) is 0. The highest BCUT2D eigenvalue weighted by atomic mass is 16.5. The van der Waals surface area contributed by atoms with Gasteiger partial charge in [-0.3, -0.25) is 0 Å². The van der Waals surface area contributed by atoms with Gasteiger partial charge in [0.2, 0.25) is 0 Å². The SMILES string of the molecule is CC1CCC[C@]2(C)CC[C@@H]3C[C@]12OC3(C)C. The topological polar surface area (TPSA) is 9.23 Å². The highest BCUT2D eigenvalue weighted by Crippen LogP contribution is 2.65. The van der Waals surface area contributed by atoms with Crippen LogP contribution in [0.15, 0.2) is 0 Å². The summed E-state index contributed by atoms with van der Waals surface area (Å²) in [6, 6.07) is 0. The van der Waals surface area contributed by atoms with Crippen LogP contribution in [0.1, 0.15) is 66.2 Å². The van der Waals surface area contributed by atoms with Crippen LogP contribution in [0, 0.1) is 17.3 Å². The molecule has 1 heteroatoms. The Morgan fingerprint density at radius 1 is 1.06 bits per heavy atom. The van der Waals surface area contributed by atoms with E-state index in [2.05, 4.69) is 27.7 Å². The number of hydrogen-bond donors (Lipinski definition) is 0. The monoisotopic (exact) mass is 222 g/mol. The van der Waals surface area contributed by atoms with Crippen LogP contribution in [0.25, 0.3) is 0 Å². The molecule has 4 atom stereocenters. The second-order valence-electron chi connectivity index (χ2n) is 7.39. The van der Waals surface area contributed by atoms with E-state index < -0.39 is 0 Å². The molecule has 2 bridgehead atoms. The molecule has 0 aromatic carbocycles. The van der Waals surface area contributed by atoms with Gasteiger partial charge in [-0.15, -0.1) is 0 Å². The summed E-state index contributed by atoms with van der Waals surface area (Å²) in [7, 11) is 0. The Kier molecular flexibility index (Phi) is 2.11. The molecule has 3 rings (SSSR count). The molecule has 1 aliphatic heterocycles. The van der Waals surface area contributed by atoms with Crippen LogP contribution in [0.3, 0.4) is 0 Å². The van der Waals surface area contributed by atoms with Gasteiger partial charge in [0.05, 0.1) is 11.2 Å². The Bertz CT molecular complexity index is 309. The highest BCUT2D eigenvalue weighted by molar-refractivity contribution is 5.14. The fraction of sp³-hybridized carbons (Fsp3) is 1.00. The van der Waals surface area contributed by atoms with Crippen LogP contribution in [-0.4, -0.2) is 11.2 Å². The third kappa shape index (κ3) is 1.16. The first-order chi connectivity index (χ1) is 7.40. The van der Waals surface area contributed by atoms with Crippen molar-refractivity contribution in [3.8, 4) is 0 Å². The normalized spacial score (nSPS) is 54.8. The molecule has 2 saturated carbocycles. The van der Waals surface area contributed by atoms with Gasteiger partial charge in [-0.2, -0.15) is 0 Å². The van der Waals surface area contributed by atoms with Crippen molar-refractivity contribution >= 4 is 0 Å². The summed E-state index contributed by atoms with van der Waals surface area (Å²) in [5.41, 5.74) is 0.815. The van der Waals surface area contributed by atoms with Crippen molar-refractivity contribution in [3.63, 3.8) is 0 Å².